The van der Waals surface area contributed by atoms with Gasteiger partial charge in [0.2, 0.25) is 0 Å². The van der Waals surface area contributed by atoms with E-state index in [1.54, 1.807) is 19.1 Å². The molecule has 4 nitrogen and oxygen atoms in total. The zero-order valence-corrected chi connectivity index (χ0v) is 9.30. The van der Waals surface area contributed by atoms with E-state index in [0.29, 0.717) is 5.92 Å². The topological polar surface area (TPSA) is 63.4 Å². The van der Waals surface area contributed by atoms with Gasteiger partial charge in [-0.1, -0.05) is 26.0 Å². The van der Waals surface area contributed by atoms with E-state index in [1.165, 1.54) is 12.1 Å². The van der Waals surface area contributed by atoms with Crippen LogP contribution in [0, 0.1) is 10.1 Å². The van der Waals surface area contributed by atoms with Gasteiger partial charge in [-0.2, -0.15) is 0 Å². The molecular formula is C11H17NO3. The lowest BCUT2D eigenvalue weighted by atomic mass is 10.0. The van der Waals surface area contributed by atoms with Gasteiger partial charge in [0.25, 0.3) is 5.69 Å². The third kappa shape index (κ3) is 5.12. The van der Waals surface area contributed by atoms with Crippen molar-refractivity contribution in [3.05, 3.63) is 39.9 Å². The first-order valence-electron chi connectivity index (χ1n) is 4.88. The van der Waals surface area contributed by atoms with Gasteiger partial charge < -0.3 is 5.11 Å². The first-order chi connectivity index (χ1) is 7.02. The molecule has 0 aliphatic carbocycles. The second-order valence-electron chi connectivity index (χ2n) is 3.32. The zero-order chi connectivity index (χ0) is 11.8. The first kappa shape index (κ1) is 13.6. The van der Waals surface area contributed by atoms with Crippen molar-refractivity contribution >= 4 is 5.69 Å². The van der Waals surface area contributed by atoms with Gasteiger partial charge >= 0.3 is 0 Å². The van der Waals surface area contributed by atoms with Crippen LogP contribution in [-0.4, -0.2) is 16.6 Å². The SMILES string of the molecule is CC(C)c1ccc([N+](=O)[O-])cc1.CCO. The maximum Gasteiger partial charge on any atom is 0.269 e. The molecule has 0 saturated heterocycles. The molecule has 1 aromatic carbocycles. The number of hydrogen-bond donors (Lipinski definition) is 1. The fourth-order valence-electron chi connectivity index (χ4n) is 0.981. The molecule has 0 amide bonds. The van der Waals surface area contributed by atoms with Crippen LogP contribution in [0.1, 0.15) is 32.3 Å². The average Bonchev–Trinajstić information content (AvgIpc) is 2.19. The Morgan fingerprint density at radius 3 is 2.00 bits per heavy atom. The van der Waals surface area contributed by atoms with Gasteiger partial charge in [-0.3, -0.25) is 10.1 Å². The molecule has 4 heteroatoms. The average molecular weight is 211 g/mol. The van der Waals surface area contributed by atoms with Crippen molar-refractivity contribution in [2.45, 2.75) is 26.7 Å². The highest BCUT2D eigenvalue weighted by Gasteiger charge is 2.04. The lowest BCUT2D eigenvalue weighted by molar-refractivity contribution is -0.384. The number of rotatable bonds is 2. The number of aliphatic hydroxyl groups is 1. The van der Waals surface area contributed by atoms with E-state index in [0.717, 1.165) is 5.56 Å². The second kappa shape index (κ2) is 6.95. The van der Waals surface area contributed by atoms with Crippen molar-refractivity contribution in [3.63, 3.8) is 0 Å². The maximum atomic E-state index is 10.3. The Morgan fingerprint density at radius 2 is 1.73 bits per heavy atom. The summed E-state index contributed by atoms with van der Waals surface area (Å²) in [5, 5.41) is 17.9. The number of benzene rings is 1. The molecule has 84 valence electrons. The van der Waals surface area contributed by atoms with Gasteiger partial charge in [0.05, 0.1) is 4.92 Å². The zero-order valence-electron chi connectivity index (χ0n) is 9.30. The van der Waals surface area contributed by atoms with Crippen LogP contribution in [0.3, 0.4) is 0 Å². The number of non-ortho nitro benzene ring substituents is 1. The van der Waals surface area contributed by atoms with Crippen LogP contribution in [0.2, 0.25) is 0 Å². The Labute approximate surface area is 89.7 Å². The van der Waals surface area contributed by atoms with Crippen LogP contribution in [-0.2, 0) is 0 Å². The quantitative estimate of drug-likeness (QED) is 0.604. The molecule has 0 saturated carbocycles. The predicted molar refractivity (Wildman–Crippen MR) is 59.9 cm³/mol. The Morgan fingerprint density at radius 1 is 1.33 bits per heavy atom. The van der Waals surface area contributed by atoms with E-state index >= 15 is 0 Å². The van der Waals surface area contributed by atoms with E-state index in [-0.39, 0.29) is 17.2 Å². The second-order valence-corrected chi connectivity index (χ2v) is 3.32. The van der Waals surface area contributed by atoms with E-state index < -0.39 is 0 Å². The van der Waals surface area contributed by atoms with Crippen LogP contribution < -0.4 is 0 Å². The molecular weight excluding hydrogens is 194 g/mol. The van der Waals surface area contributed by atoms with Gasteiger partial charge in [-0.15, -0.1) is 0 Å². The first-order valence-corrected chi connectivity index (χ1v) is 4.88. The molecule has 0 aliphatic heterocycles. The molecule has 1 rings (SSSR count). The fraction of sp³-hybridized carbons (Fsp3) is 0.455. The lowest BCUT2D eigenvalue weighted by Gasteiger charge is -2.02. The third-order valence-electron chi connectivity index (χ3n) is 1.77. The van der Waals surface area contributed by atoms with E-state index in [9.17, 15) is 10.1 Å². The predicted octanol–water partition coefficient (Wildman–Crippen LogP) is 2.72. The summed E-state index contributed by atoms with van der Waals surface area (Å²) in [5.41, 5.74) is 1.28. The van der Waals surface area contributed by atoms with Gasteiger partial charge in [-0.25, -0.2) is 0 Å². The van der Waals surface area contributed by atoms with Crippen LogP contribution >= 0.6 is 0 Å². The van der Waals surface area contributed by atoms with Crippen molar-refractivity contribution in [3.8, 4) is 0 Å². The third-order valence-corrected chi connectivity index (χ3v) is 1.77. The highest BCUT2D eigenvalue weighted by molar-refractivity contribution is 5.33. The smallest absolute Gasteiger partial charge is 0.269 e. The van der Waals surface area contributed by atoms with Crippen LogP contribution in [0.4, 0.5) is 5.69 Å². The monoisotopic (exact) mass is 211 g/mol. The molecule has 0 spiro atoms. The number of nitrogens with zero attached hydrogens (tertiary/aromatic N) is 1. The summed E-state index contributed by atoms with van der Waals surface area (Å²) in [6, 6.07) is 6.66. The Bertz CT molecular complexity index is 293. The normalized spacial score (nSPS) is 9.40. The van der Waals surface area contributed by atoms with Crippen LogP contribution in [0.15, 0.2) is 24.3 Å². The Hall–Kier alpha value is -1.42. The molecule has 0 fully saturated rings. The largest absolute Gasteiger partial charge is 0.397 e. The van der Waals surface area contributed by atoms with Gasteiger partial charge in [0, 0.05) is 18.7 Å². The number of nitro groups is 1. The summed E-state index contributed by atoms with van der Waals surface area (Å²) in [6.07, 6.45) is 0. The summed E-state index contributed by atoms with van der Waals surface area (Å²) in [4.78, 5) is 9.90. The van der Waals surface area contributed by atoms with Crippen LogP contribution in [0.25, 0.3) is 0 Å². The molecule has 1 aromatic rings. The number of aliphatic hydroxyl groups excluding tert-OH is 1. The fourth-order valence-corrected chi connectivity index (χ4v) is 0.981. The van der Waals surface area contributed by atoms with Crippen LogP contribution in [0.5, 0.6) is 0 Å². The molecule has 0 aromatic heterocycles. The minimum Gasteiger partial charge on any atom is -0.397 e. The van der Waals surface area contributed by atoms with Gasteiger partial charge in [0.15, 0.2) is 0 Å². The Kier molecular flexibility index (Phi) is 6.29. The summed E-state index contributed by atoms with van der Waals surface area (Å²) in [5.74, 6) is 0.422. The van der Waals surface area contributed by atoms with Gasteiger partial charge in [0.1, 0.15) is 0 Å². The van der Waals surface area contributed by atoms with E-state index in [2.05, 4.69) is 13.8 Å². The summed E-state index contributed by atoms with van der Waals surface area (Å²) < 4.78 is 0. The van der Waals surface area contributed by atoms with Crippen molar-refractivity contribution in [1.29, 1.82) is 0 Å². The summed E-state index contributed by atoms with van der Waals surface area (Å²) >= 11 is 0. The molecule has 1 N–H and O–H groups in total. The minimum absolute atomic E-state index is 0.152. The highest BCUT2D eigenvalue weighted by Crippen LogP contribution is 2.17. The van der Waals surface area contributed by atoms with Gasteiger partial charge in [-0.05, 0) is 18.4 Å². The molecule has 0 unspecified atom stereocenters. The van der Waals surface area contributed by atoms with Crippen molar-refractivity contribution < 1.29 is 10.0 Å². The van der Waals surface area contributed by atoms with Crippen molar-refractivity contribution in [1.82, 2.24) is 0 Å². The van der Waals surface area contributed by atoms with E-state index in [1.807, 2.05) is 0 Å². The molecule has 0 aliphatic rings. The molecule has 0 bridgehead atoms. The number of hydrogen-bond acceptors (Lipinski definition) is 3. The molecule has 15 heavy (non-hydrogen) atoms. The molecule has 0 atom stereocenters. The highest BCUT2D eigenvalue weighted by atomic mass is 16.6. The number of nitro benzene ring substituents is 1. The Balaban J connectivity index is 0.000000583. The molecule has 0 heterocycles. The summed E-state index contributed by atoms with van der Waals surface area (Å²) in [6.45, 7) is 6.04. The standard InChI is InChI=1S/C9H11NO2.C2H6O/c1-7(2)8-3-5-9(6-4-8)10(11)12;1-2-3/h3-7H,1-2H3;3H,2H2,1H3. The summed E-state index contributed by atoms with van der Waals surface area (Å²) in [7, 11) is 0. The lowest BCUT2D eigenvalue weighted by Crippen LogP contribution is -1.90. The minimum atomic E-state index is -0.385. The van der Waals surface area contributed by atoms with Crippen molar-refractivity contribution in [2.75, 3.05) is 6.61 Å². The maximum absolute atomic E-state index is 10.3. The van der Waals surface area contributed by atoms with E-state index in [4.69, 9.17) is 5.11 Å². The van der Waals surface area contributed by atoms with Crippen molar-refractivity contribution in [2.24, 2.45) is 0 Å². The molecule has 0 radical (unpaired) electrons.